The van der Waals surface area contributed by atoms with Gasteiger partial charge in [0, 0.05) is 63.9 Å². The molecule has 3 aliphatic rings. The molecule has 3 heterocycles. The van der Waals surface area contributed by atoms with Crippen LogP contribution in [0.4, 0.5) is 0 Å². The molecule has 0 aliphatic carbocycles. The summed E-state index contributed by atoms with van der Waals surface area (Å²) < 4.78 is 12.3. The summed E-state index contributed by atoms with van der Waals surface area (Å²) in [6, 6.07) is 0.952. The van der Waals surface area contributed by atoms with Gasteiger partial charge in [-0.2, -0.15) is 0 Å². The maximum absolute atomic E-state index is 6.19. The van der Waals surface area contributed by atoms with Gasteiger partial charge in [0.1, 0.15) is 25.4 Å². The molecule has 2 unspecified atom stereocenters. The largest absolute Gasteiger partial charge is 0.375 e. The zero-order valence-corrected chi connectivity index (χ0v) is 21.7. The molecular formula is C24H45N5O6. The molecule has 2 bridgehead atoms. The van der Waals surface area contributed by atoms with Crippen molar-refractivity contribution < 1.29 is 29.0 Å². The van der Waals surface area contributed by atoms with Crippen molar-refractivity contribution in [1.82, 2.24) is 26.6 Å². The van der Waals surface area contributed by atoms with Crippen molar-refractivity contribution in [3.8, 4) is 0 Å². The SMILES string of the molecule is COOCC1=C(COOC)C2OC1C=C2COC[C@H]1CN[C@H](C)CNCCNCCN[C@@H](C)CN1. The van der Waals surface area contributed by atoms with Crippen LogP contribution in [0.2, 0.25) is 0 Å². The second-order valence-electron chi connectivity index (χ2n) is 9.33. The molecular weight excluding hydrogens is 454 g/mol. The van der Waals surface area contributed by atoms with E-state index in [2.05, 4.69) is 46.5 Å². The number of ether oxygens (including phenoxy) is 2. The molecule has 0 aromatic rings. The Bertz CT molecular complexity index is 659. The maximum Gasteiger partial charge on any atom is 0.107 e. The highest BCUT2D eigenvalue weighted by Gasteiger charge is 2.41. The monoisotopic (exact) mass is 499 g/mol. The lowest BCUT2D eigenvalue weighted by molar-refractivity contribution is -0.269. The van der Waals surface area contributed by atoms with Crippen LogP contribution in [0.3, 0.4) is 0 Å². The van der Waals surface area contributed by atoms with Crippen molar-refractivity contribution in [2.75, 3.05) is 86.5 Å². The van der Waals surface area contributed by atoms with Gasteiger partial charge in [0.2, 0.25) is 0 Å². The highest BCUT2D eigenvalue weighted by molar-refractivity contribution is 5.44. The Kier molecular flexibility index (Phi) is 13.1. The van der Waals surface area contributed by atoms with Gasteiger partial charge < -0.3 is 36.1 Å². The van der Waals surface area contributed by atoms with Gasteiger partial charge in [-0.1, -0.05) is 0 Å². The van der Waals surface area contributed by atoms with Crippen LogP contribution in [0.5, 0.6) is 0 Å². The van der Waals surface area contributed by atoms with Gasteiger partial charge in [-0.15, -0.1) is 0 Å². The van der Waals surface area contributed by atoms with Crippen molar-refractivity contribution in [3.63, 3.8) is 0 Å². The summed E-state index contributed by atoms with van der Waals surface area (Å²) in [5.74, 6) is 0. The Labute approximate surface area is 209 Å². The van der Waals surface area contributed by atoms with E-state index >= 15 is 0 Å². The summed E-state index contributed by atoms with van der Waals surface area (Å²) in [4.78, 5) is 19.9. The summed E-state index contributed by atoms with van der Waals surface area (Å²) in [5, 5.41) is 17.8. The molecule has 35 heavy (non-hydrogen) atoms. The molecule has 1 fully saturated rings. The van der Waals surface area contributed by atoms with Crippen molar-refractivity contribution in [2.45, 2.75) is 44.2 Å². The third-order valence-corrected chi connectivity index (χ3v) is 6.46. The van der Waals surface area contributed by atoms with E-state index in [0.717, 1.165) is 62.5 Å². The number of fused-ring (bicyclic) bond motifs is 2. The first kappa shape index (κ1) is 28.6. The Balaban J connectivity index is 1.50. The minimum atomic E-state index is -0.173. The second-order valence-corrected chi connectivity index (χ2v) is 9.33. The van der Waals surface area contributed by atoms with Crippen LogP contribution in [0.25, 0.3) is 0 Å². The third kappa shape index (κ3) is 9.45. The van der Waals surface area contributed by atoms with Gasteiger partial charge in [-0.05, 0) is 36.6 Å². The van der Waals surface area contributed by atoms with E-state index in [4.69, 9.17) is 29.0 Å². The molecule has 0 saturated carbocycles. The van der Waals surface area contributed by atoms with Crippen molar-refractivity contribution in [3.05, 3.63) is 22.8 Å². The van der Waals surface area contributed by atoms with Crippen LogP contribution in [-0.2, 0) is 29.0 Å². The first-order valence-corrected chi connectivity index (χ1v) is 12.7. The Morgan fingerprint density at radius 2 is 1.51 bits per heavy atom. The van der Waals surface area contributed by atoms with E-state index in [0.29, 0.717) is 38.5 Å². The molecule has 0 aromatic carbocycles. The van der Waals surface area contributed by atoms with Gasteiger partial charge >= 0.3 is 0 Å². The average molecular weight is 500 g/mol. The molecule has 0 aromatic heterocycles. The molecule has 5 N–H and O–H groups in total. The quantitative estimate of drug-likeness (QED) is 0.149. The molecule has 3 rings (SSSR count). The lowest BCUT2D eigenvalue weighted by Crippen LogP contribution is -2.50. The van der Waals surface area contributed by atoms with Crippen LogP contribution in [0.15, 0.2) is 22.8 Å². The van der Waals surface area contributed by atoms with Crippen molar-refractivity contribution >= 4 is 0 Å². The molecule has 202 valence electrons. The standard InChI is InChI=1S/C24H45N5O6/c1-17-10-26-6-5-25-7-8-27-18(2)11-29-20(12-28-17)14-32-13-19-9-23-21(15-33-30-3)22(16-34-31-4)24(19)35-23/h9,17-18,20,23-29H,5-8,10-16H2,1-4H3/t17-,18+,20-,23?,24?/m1/s1. The van der Waals surface area contributed by atoms with Gasteiger partial charge in [-0.25, -0.2) is 19.6 Å². The second kappa shape index (κ2) is 16.0. The molecule has 0 amide bonds. The number of hydrogen-bond acceptors (Lipinski definition) is 11. The van der Waals surface area contributed by atoms with Crippen molar-refractivity contribution in [1.29, 1.82) is 0 Å². The van der Waals surface area contributed by atoms with Gasteiger partial charge in [0.05, 0.1) is 27.4 Å². The fourth-order valence-corrected chi connectivity index (χ4v) is 4.47. The Morgan fingerprint density at radius 1 is 0.800 bits per heavy atom. The summed E-state index contributed by atoms with van der Waals surface area (Å²) >= 11 is 0. The van der Waals surface area contributed by atoms with Crippen LogP contribution >= 0.6 is 0 Å². The minimum Gasteiger partial charge on any atom is -0.375 e. The number of nitrogens with one attached hydrogen (secondary N) is 5. The van der Waals surface area contributed by atoms with Crippen LogP contribution in [-0.4, -0.2) is 117 Å². The minimum absolute atomic E-state index is 0.141. The van der Waals surface area contributed by atoms with Crippen LogP contribution in [0, 0.1) is 0 Å². The molecule has 11 nitrogen and oxygen atoms in total. The fourth-order valence-electron chi connectivity index (χ4n) is 4.47. The first-order chi connectivity index (χ1) is 17.1. The average Bonchev–Trinajstić information content (AvgIpc) is 3.41. The van der Waals surface area contributed by atoms with Crippen molar-refractivity contribution in [2.24, 2.45) is 0 Å². The molecule has 5 atom stereocenters. The van der Waals surface area contributed by atoms with Gasteiger partial charge in [-0.3, -0.25) is 0 Å². The van der Waals surface area contributed by atoms with E-state index in [-0.39, 0.29) is 18.2 Å². The van der Waals surface area contributed by atoms with E-state index in [1.54, 1.807) is 0 Å². The van der Waals surface area contributed by atoms with E-state index < -0.39 is 0 Å². The van der Waals surface area contributed by atoms with Crippen LogP contribution < -0.4 is 26.6 Å². The zero-order chi connectivity index (χ0) is 24.9. The molecule has 1 saturated heterocycles. The summed E-state index contributed by atoms with van der Waals surface area (Å²) in [7, 11) is 2.99. The smallest absolute Gasteiger partial charge is 0.107 e. The summed E-state index contributed by atoms with van der Waals surface area (Å²) in [6.45, 7) is 12.7. The van der Waals surface area contributed by atoms with E-state index in [9.17, 15) is 0 Å². The van der Waals surface area contributed by atoms with Gasteiger partial charge in [0.15, 0.2) is 0 Å². The van der Waals surface area contributed by atoms with Crippen LogP contribution in [0.1, 0.15) is 13.8 Å². The normalized spacial score (nSPS) is 31.3. The lowest BCUT2D eigenvalue weighted by Gasteiger charge is -2.25. The third-order valence-electron chi connectivity index (χ3n) is 6.46. The highest BCUT2D eigenvalue weighted by Crippen LogP contribution is 2.39. The first-order valence-electron chi connectivity index (χ1n) is 12.7. The topological polar surface area (TPSA) is 116 Å². The van der Waals surface area contributed by atoms with E-state index in [1.807, 2.05) is 0 Å². The highest BCUT2D eigenvalue weighted by atomic mass is 17.2. The molecule has 0 spiro atoms. The van der Waals surface area contributed by atoms with E-state index in [1.165, 1.54) is 14.2 Å². The summed E-state index contributed by atoms with van der Waals surface area (Å²) in [5.41, 5.74) is 3.14. The molecule has 3 aliphatic heterocycles. The number of rotatable bonds is 10. The predicted octanol–water partition coefficient (Wildman–Crippen LogP) is -0.730. The molecule has 0 radical (unpaired) electrons. The molecule has 11 heteroatoms. The lowest BCUT2D eigenvalue weighted by atomic mass is 9.92. The fraction of sp³-hybridized carbons (Fsp3) is 0.833. The van der Waals surface area contributed by atoms with Gasteiger partial charge in [0.25, 0.3) is 0 Å². The Morgan fingerprint density at radius 3 is 2.31 bits per heavy atom. The zero-order valence-electron chi connectivity index (χ0n) is 21.7. The predicted molar refractivity (Wildman–Crippen MR) is 133 cm³/mol. The number of hydrogen-bond donors (Lipinski definition) is 5. The maximum atomic E-state index is 6.19. The Hall–Kier alpha value is -0.960. The summed E-state index contributed by atoms with van der Waals surface area (Å²) in [6.07, 6.45) is 1.80.